The minimum atomic E-state index is -1.29. The fraction of sp³-hybridized carbons (Fsp3) is 0.333. The first-order chi connectivity index (χ1) is 33.8. The summed E-state index contributed by atoms with van der Waals surface area (Å²) >= 11 is 0. The number of anilines is 1. The SMILES string of the molecule is NC(N)=NCCC[C@@H]1NC(=O)[C@@H](Cc2ccccc2)NC(=O)[C@H](Cc2ccc(O)cc2)NC(=O)CCCCCCNC(=O)c2ccc(cc2)NC(=O)CNC(=O)[C@H](Cc2c[nH]c3ccccc23)NC1=O. The first kappa shape index (κ1) is 51.2. The number of para-hydroxylation sites is 1. The van der Waals surface area contributed by atoms with E-state index in [-0.39, 0.29) is 68.6 Å². The third-order valence-electron chi connectivity index (χ3n) is 11.7. The number of hydrogen-bond acceptors (Lipinski definition) is 9. The molecule has 13 N–H and O–H groups in total. The van der Waals surface area contributed by atoms with Gasteiger partial charge in [0.25, 0.3) is 5.91 Å². The van der Waals surface area contributed by atoms with Crippen LogP contribution in [0.3, 0.4) is 0 Å². The second kappa shape index (κ2) is 25.8. The number of aromatic hydroxyl groups is 1. The molecule has 0 unspecified atom stereocenters. The Morgan fingerprint density at radius 3 is 1.93 bits per heavy atom. The number of phenolic OH excluding ortho intramolecular Hbond substituents is 1. The Kier molecular flexibility index (Phi) is 18.9. The Bertz CT molecular complexity index is 2620. The second-order valence-electron chi connectivity index (χ2n) is 17.1. The quantitative estimate of drug-likeness (QED) is 0.0420. The highest BCUT2D eigenvalue weighted by Crippen LogP contribution is 2.20. The number of aliphatic imine (C=N–C) groups is 1. The molecule has 0 aliphatic carbocycles. The molecule has 0 fully saturated rings. The largest absolute Gasteiger partial charge is 0.508 e. The lowest BCUT2D eigenvalue weighted by atomic mass is 10.0. The van der Waals surface area contributed by atoms with Crippen LogP contribution in [0.25, 0.3) is 10.9 Å². The maximum absolute atomic E-state index is 14.6. The number of aromatic amines is 1. The topological polar surface area (TPSA) is 304 Å². The molecule has 1 aromatic heterocycles. The summed E-state index contributed by atoms with van der Waals surface area (Å²) in [6.07, 6.45) is 4.64. The molecule has 2 aliphatic heterocycles. The van der Waals surface area contributed by atoms with Crippen LogP contribution in [0.2, 0.25) is 0 Å². The molecular formula is C51H61N11O8. The number of phenols is 1. The number of H-pyrrole nitrogens is 1. The molecule has 5 aromatic rings. The van der Waals surface area contributed by atoms with Gasteiger partial charge in [-0.1, -0.05) is 73.5 Å². The van der Waals surface area contributed by atoms with E-state index >= 15 is 0 Å². The monoisotopic (exact) mass is 955 g/mol. The van der Waals surface area contributed by atoms with Gasteiger partial charge in [-0.05, 0) is 84.8 Å². The van der Waals surface area contributed by atoms with Crippen molar-refractivity contribution in [2.24, 2.45) is 16.5 Å². The molecule has 2 aliphatic rings. The van der Waals surface area contributed by atoms with Gasteiger partial charge in [0.15, 0.2) is 5.96 Å². The lowest BCUT2D eigenvalue weighted by Gasteiger charge is -2.27. The van der Waals surface area contributed by atoms with Gasteiger partial charge in [0, 0.05) is 67.1 Å². The van der Waals surface area contributed by atoms with Crippen molar-refractivity contribution < 1.29 is 38.7 Å². The van der Waals surface area contributed by atoms with Gasteiger partial charge in [-0.3, -0.25) is 38.6 Å². The molecule has 19 heteroatoms. The highest BCUT2D eigenvalue weighted by molar-refractivity contribution is 5.99. The van der Waals surface area contributed by atoms with E-state index in [4.69, 9.17) is 11.5 Å². The van der Waals surface area contributed by atoms with Crippen molar-refractivity contribution in [3.63, 3.8) is 0 Å². The second-order valence-corrected chi connectivity index (χ2v) is 17.1. The summed E-state index contributed by atoms with van der Waals surface area (Å²) < 4.78 is 0. The number of carbonyl (C=O) groups is 7. The van der Waals surface area contributed by atoms with Crippen LogP contribution in [0.15, 0.2) is 114 Å². The van der Waals surface area contributed by atoms with E-state index in [2.05, 4.69) is 47.2 Å². The van der Waals surface area contributed by atoms with Crippen molar-refractivity contribution in [3.8, 4) is 5.75 Å². The van der Waals surface area contributed by atoms with Crippen molar-refractivity contribution >= 4 is 63.9 Å². The molecular weight excluding hydrogens is 895 g/mol. The number of nitrogens with two attached hydrogens (primary N) is 2. The molecule has 3 heterocycles. The average Bonchev–Trinajstić information content (AvgIpc) is 3.76. The highest BCUT2D eigenvalue weighted by Gasteiger charge is 2.32. The molecule has 368 valence electrons. The summed E-state index contributed by atoms with van der Waals surface area (Å²) in [5.74, 6) is -4.22. The third-order valence-corrected chi connectivity index (χ3v) is 11.7. The number of rotatable bonds is 10. The minimum Gasteiger partial charge on any atom is -0.508 e. The number of nitrogens with zero attached hydrogens (tertiary/aromatic N) is 1. The van der Waals surface area contributed by atoms with Crippen molar-refractivity contribution in [2.75, 3.05) is 25.0 Å². The lowest BCUT2D eigenvalue weighted by Crippen LogP contribution is -2.59. The molecule has 4 atom stereocenters. The van der Waals surface area contributed by atoms with Crippen LogP contribution in [0.5, 0.6) is 5.75 Å². The molecule has 0 saturated heterocycles. The maximum atomic E-state index is 14.6. The Morgan fingerprint density at radius 1 is 0.600 bits per heavy atom. The Labute approximate surface area is 405 Å². The molecule has 70 heavy (non-hydrogen) atoms. The number of hydrogen-bond donors (Lipinski definition) is 11. The summed E-state index contributed by atoms with van der Waals surface area (Å²) in [5, 5.41) is 30.3. The van der Waals surface area contributed by atoms with Gasteiger partial charge in [0.05, 0.1) is 6.54 Å². The van der Waals surface area contributed by atoms with Crippen LogP contribution in [0.4, 0.5) is 5.69 Å². The third kappa shape index (κ3) is 16.0. The van der Waals surface area contributed by atoms with Gasteiger partial charge < -0.3 is 58.8 Å². The van der Waals surface area contributed by atoms with Crippen molar-refractivity contribution in [3.05, 3.63) is 132 Å². The molecule has 7 rings (SSSR count). The standard InChI is InChI=1S/C51H61N11O8/c52-51(53)55-26-10-15-40-48(68)62-43(29-35-30-56-39-14-8-7-13-38(35)39)47(67)57-31-45(65)58-36-21-19-34(20-22-36)46(66)54-25-9-2-1-6-16-44(64)59-41(28-33-17-23-37(63)24-18-33)49(69)61-42(50(70)60-40)27-32-11-4-3-5-12-32/h3-5,7-8,11-14,17-24,30,40-43,56,63H,1-2,6,9-10,15-16,25-29,31H2,(H,54,66)(H,57,67)(H,58,65)(H,59,64)(H,60,70)(H,61,69)(H,62,68)(H4,52,53,55)/t40-,41-,42+,43-/m0/s1. The van der Waals surface area contributed by atoms with E-state index < -0.39 is 60.2 Å². The van der Waals surface area contributed by atoms with Gasteiger partial charge in [0.1, 0.15) is 29.9 Å². The predicted octanol–water partition coefficient (Wildman–Crippen LogP) is 2.34. The molecule has 2 bridgehead atoms. The zero-order chi connectivity index (χ0) is 49.8. The van der Waals surface area contributed by atoms with Gasteiger partial charge in [0.2, 0.25) is 35.4 Å². The number of carbonyl (C=O) groups excluding carboxylic acids is 7. The van der Waals surface area contributed by atoms with Gasteiger partial charge >= 0.3 is 0 Å². The lowest BCUT2D eigenvalue weighted by molar-refractivity contribution is -0.134. The first-order valence-corrected chi connectivity index (χ1v) is 23.4. The first-order valence-electron chi connectivity index (χ1n) is 23.4. The van der Waals surface area contributed by atoms with Crippen LogP contribution in [0, 0.1) is 0 Å². The van der Waals surface area contributed by atoms with Gasteiger partial charge in [-0.25, -0.2) is 0 Å². The van der Waals surface area contributed by atoms with Crippen LogP contribution in [0.1, 0.15) is 72.0 Å². The average molecular weight is 956 g/mol. The van der Waals surface area contributed by atoms with Crippen LogP contribution < -0.4 is 48.7 Å². The number of amides is 7. The zero-order valence-corrected chi connectivity index (χ0v) is 38.8. The molecule has 0 saturated carbocycles. The zero-order valence-electron chi connectivity index (χ0n) is 38.8. The van der Waals surface area contributed by atoms with Gasteiger partial charge in [-0.15, -0.1) is 0 Å². The molecule has 19 nitrogen and oxygen atoms in total. The molecule has 7 amide bonds. The summed E-state index contributed by atoms with van der Waals surface area (Å²) in [5.41, 5.74) is 14.7. The van der Waals surface area contributed by atoms with E-state index in [1.165, 1.54) is 12.1 Å². The van der Waals surface area contributed by atoms with Crippen molar-refractivity contribution in [1.82, 2.24) is 36.9 Å². The Hall–Kier alpha value is -8.22. The van der Waals surface area contributed by atoms with Crippen molar-refractivity contribution in [2.45, 2.75) is 88.4 Å². The van der Waals surface area contributed by atoms with E-state index in [1.807, 2.05) is 24.3 Å². The number of fused-ring (bicyclic) bond motifs is 27. The molecule has 0 spiro atoms. The van der Waals surface area contributed by atoms with E-state index in [9.17, 15) is 38.7 Å². The number of nitrogens with one attached hydrogen (secondary N) is 8. The fourth-order valence-electron chi connectivity index (χ4n) is 7.99. The Balaban J connectivity index is 1.31. The summed E-state index contributed by atoms with van der Waals surface area (Å²) in [4.78, 5) is 104. The van der Waals surface area contributed by atoms with Crippen LogP contribution in [-0.2, 0) is 48.0 Å². The predicted molar refractivity (Wildman–Crippen MR) is 265 cm³/mol. The molecule has 0 radical (unpaired) electrons. The Morgan fingerprint density at radius 2 is 1.21 bits per heavy atom. The summed E-state index contributed by atoms with van der Waals surface area (Å²) in [6.45, 7) is 0.0421. The normalized spacial score (nSPS) is 19.7. The smallest absolute Gasteiger partial charge is 0.251 e. The van der Waals surface area contributed by atoms with E-state index in [1.54, 1.807) is 72.9 Å². The number of guanidine groups is 1. The van der Waals surface area contributed by atoms with Crippen LogP contribution >= 0.6 is 0 Å². The number of aromatic nitrogens is 1. The fourth-order valence-corrected chi connectivity index (χ4v) is 7.99. The summed E-state index contributed by atoms with van der Waals surface area (Å²) in [6, 6.07) is 23.9. The van der Waals surface area contributed by atoms with E-state index in [0.29, 0.717) is 53.7 Å². The number of benzene rings is 4. The highest BCUT2D eigenvalue weighted by atomic mass is 16.3. The minimum absolute atomic E-state index is 0.00118. The summed E-state index contributed by atoms with van der Waals surface area (Å²) in [7, 11) is 0. The maximum Gasteiger partial charge on any atom is 0.251 e. The van der Waals surface area contributed by atoms with E-state index in [0.717, 1.165) is 17.3 Å². The molecule has 4 aromatic carbocycles. The van der Waals surface area contributed by atoms with Crippen molar-refractivity contribution in [1.29, 1.82) is 0 Å². The van der Waals surface area contributed by atoms with Crippen LogP contribution in [-0.4, -0.2) is 101 Å². The van der Waals surface area contributed by atoms with Gasteiger partial charge in [-0.2, -0.15) is 0 Å².